The standard InChI is InChI=1S/2C6H4N3O3S.Au.2Na/c2*10-13(11,12)4-1-2-5-6(3-4)8-9-7-5;;;/h2*1-3H,(H-,7,8,9,10,11,12);;;/q2*-1;;2*+1/p-2. The molecule has 0 saturated heterocycles. The van der Waals surface area contributed by atoms with Crippen molar-refractivity contribution in [2.45, 2.75) is 9.79 Å². The largest absolute Gasteiger partial charge is 1.00 e. The van der Waals surface area contributed by atoms with Gasteiger partial charge in [0.2, 0.25) is 0 Å². The number of nitrogens with zero attached hydrogens (tertiary/aromatic N) is 6. The first kappa shape index (κ1) is 28.8. The zero-order chi connectivity index (χ0) is 18.9. The van der Waals surface area contributed by atoms with Crippen LogP contribution in [-0.2, 0) is 42.6 Å². The molecule has 0 fully saturated rings. The fourth-order valence-corrected chi connectivity index (χ4v) is 2.87. The minimum atomic E-state index is -4.42. The summed E-state index contributed by atoms with van der Waals surface area (Å²) < 4.78 is 63.4. The van der Waals surface area contributed by atoms with Crippen LogP contribution < -0.4 is 69.3 Å². The van der Waals surface area contributed by atoms with Crippen LogP contribution in [0.5, 0.6) is 0 Å². The van der Waals surface area contributed by atoms with Gasteiger partial charge in [-0.15, -0.1) is 0 Å². The van der Waals surface area contributed by atoms with Gasteiger partial charge >= 0.3 is 59.1 Å². The van der Waals surface area contributed by atoms with Crippen LogP contribution in [0.4, 0.5) is 0 Å². The normalized spacial score (nSPS) is 10.8. The Morgan fingerprint density at radius 3 is 1.34 bits per heavy atom. The van der Waals surface area contributed by atoms with E-state index in [1.807, 2.05) is 0 Å². The van der Waals surface area contributed by atoms with Gasteiger partial charge < -0.3 is 29.5 Å². The SMILES string of the molecule is O=S(=O)([O-])c1ccc2nn[n-]c2c1.O=S(=O)([O-])c1ccc2nn[n-]c2c1.[Au].[Na+].[Na+]. The van der Waals surface area contributed by atoms with Crippen molar-refractivity contribution in [3.63, 3.8) is 0 Å². The van der Waals surface area contributed by atoms with Crippen LogP contribution >= 0.6 is 0 Å². The van der Waals surface area contributed by atoms with Gasteiger partial charge in [0, 0.05) is 22.4 Å². The number of fused-ring (bicyclic) bond motifs is 2. The first-order valence-electron chi connectivity index (χ1n) is 6.58. The Balaban J connectivity index is 0.000000490. The predicted molar refractivity (Wildman–Crippen MR) is 81.6 cm³/mol. The third-order valence-corrected chi connectivity index (χ3v) is 4.74. The average Bonchev–Trinajstić information content (AvgIpc) is 3.21. The Morgan fingerprint density at radius 1 is 0.690 bits per heavy atom. The monoisotopic (exact) mass is 637 g/mol. The third kappa shape index (κ3) is 7.46. The van der Waals surface area contributed by atoms with E-state index in [2.05, 4.69) is 30.8 Å². The molecule has 0 N–H and O–H groups in total. The molecule has 147 valence electrons. The molecular formula is C12H6AuN6Na2O6S2-2. The minimum absolute atomic E-state index is 0. The van der Waals surface area contributed by atoms with Crippen molar-refractivity contribution in [2.24, 2.45) is 0 Å². The first-order valence-corrected chi connectivity index (χ1v) is 9.40. The molecule has 0 bridgehead atoms. The number of aromatic nitrogens is 6. The quantitative estimate of drug-likeness (QED) is 0.149. The molecule has 0 spiro atoms. The summed E-state index contributed by atoms with van der Waals surface area (Å²) in [6.07, 6.45) is 0. The Labute approximate surface area is 224 Å². The fraction of sp³-hybridized carbons (Fsp3) is 0. The number of hydrogen-bond acceptors (Lipinski definition) is 10. The summed E-state index contributed by atoms with van der Waals surface area (Å²) in [5.41, 5.74) is 1.54. The van der Waals surface area contributed by atoms with Crippen LogP contribution in [0.25, 0.3) is 22.1 Å². The van der Waals surface area contributed by atoms with Crippen LogP contribution in [0.15, 0.2) is 46.2 Å². The molecule has 17 heteroatoms. The van der Waals surface area contributed by atoms with Crippen molar-refractivity contribution in [1.29, 1.82) is 0 Å². The van der Waals surface area contributed by atoms with Gasteiger partial charge in [-0.25, -0.2) is 16.8 Å². The molecule has 1 radical (unpaired) electrons. The smallest absolute Gasteiger partial charge is 0.744 e. The second kappa shape index (κ2) is 11.4. The van der Waals surface area contributed by atoms with Gasteiger partial charge in [-0.3, -0.25) is 10.4 Å². The van der Waals surface area contributed by atoms with E-state index in [0.29, 0.717) is 22.1 Å². The van der Waals surface area contributed by atoms with Crippen molar-refractivity contribution in [2.75, 3.05) is 0 Å². The zero-order valence-electron chi connectivity index (χ0n) is 14.7. The van der Waals surface area contributed by atoms with Crippen LogP contribution in [0.3, 0.4) is 0 Å². The molecule has 0 aliphatic carbocycles. The first-order chi connectivity index (χ1) is 12.1. The minimum Gasteiger partial charge on any atom is -0.744 e. The number of hydrogen-bond donors (Lipinski definition) is 0. The van der Waals surface area contributed by atoms with Crippen molar-refractivity contribution >= 4 is 42.3 Å². The summed E-state index contributed by atoms with van der Waals surface area (Å²) in [6, 6.07) is 7.44. The van der Waals surface area contributed by atoms with E-state index in [4.69, 9.17) is 0 Å². The molecule has 4 aromatic rings. The third-order valence-electron chi connectivity index (χ3n) is 3.08. The second-order valence-electron chi connectivity index (χ2n) is 4.79. The fourth-order valence-electron chi connectivity index (χ4n) is 1.88. The summed E-state index contributed by atoms with van der Waals surface area (Å²) in [6.45, 7) is 0. The van der Waals surface area contributed by atoms with Gasteiger partial charge in [0.05, 0.1) is 9.79 Å². The van der Waals surface area contributed by atoms with Gasteiger partial charge in [0.15, 0.2) is 0 Å². The Morgan fingerprint density at radius 2 is 1.03 bits per heavy atom. The molecule has 2 heterocycles. The van der Waals surface area contributed by atoms with E-state index in [9.17, 15) is 25.9 Å². The molecule has 0 saturated carbocycles. The maximum absolute atomic E-state index is 10.6. The van der Waals surface area contributed by atoms with Crippen LogP contribution in [0.1, 0.15) is 0 Å². The van der Waals surface area contributed by atoms with Gasteiger partial charge in [0.25, 0.3) is 0 Å². The summed E-state index contributed by atoms with van der Waals surface area (Å²) in [5, 5.41) is 20.9. The van der Waals surface area contributed by atoms with Gasteiger partial charge in [-0.1, -0.05) is 12.1 Å². The topological polar surface area (TPSA) is 194 Å². The molecule has 0 amide bonds. The molecule has 4 rings (SSSR count). The van der Waals surface area contributed by atoms with E-state index < -0.39 is 20.2 Å². The molecule has 29 heavy (non-hydrogen) atoms. The van der Waals surface area contributed by atoms with Crippen LogP contribution in [0, 0.1) is 0 Å². The Hall–Kier alpha value is -0.200. The van der Waals surface area contributed by atoms with E-state index in [0.717, 1.165) is 12.1 Å². The molecule has 0 aliphatic heterocycles. The van der Waals surface area contributed by atoms with E-state index >= 15 is 0 Å². The Kier molecular flexibility index (Phi) is 11.3. The average molecular weight is 637 g/mol. The molecule has 0 atom stereocenters. The molecular weight excluding hydrogens is 631 g/mol. The summed E-state index contributed by atoms with van der Waals surface area (Å²) in [5.74, 6) is 0. The molecule has 2 aromatic heterocycles. The maximum atomic E-state index is 10.6. The second-order valence-corrected chi connectivity index (χ2v) is 7.55. The predicted octanol–water partition coefficient (Wildman–Crippen LogP) is -7.01. The summed E-state index contributed by atoms with van der Waals surface area (Å²) >= 11 is 0. The molecule has 0 unspecified atom stereocenters. The Bertz CT molecular complexity index is 1210. The maximum Gasteiger partial charge on any atom is 1.00 e. The number of benzene rings is 2. The van der Waals surface area contributed by atoms with Crippen LogP contribution in [-0.4, -0.2) is 46.6 Å². The number of rotatable bonds is 2. The van der Waals surface area contributed by atoms with E-state index in [1.165, 1.54) is 24.3 Å². The van der Waals surface area contributed by atoms with Crippen molar-refractivity contribution < 1.29 is 107 Å². The van der Waals surface area contributed by atoms with Crippen molar-refractivity contribution in [3.05, 3.63) is 36.4 Å². The molecule has 0 aliphatic rings. The molecule has 12 nitrogen and oxygen atoms in total. The van der Waals surface area contributed by atoms with E-state index in [-0.39, 0.29) is 91.3 Å². The van der Waals surface area contributed by atoms with Crippen LogP contribution in [0.2, 0.25) is 0 Å². The van der Waals surface area contributed by atoms with Gasteiger partial charge in [-0.05, 0) is 46.3 Å². The van der Waals surface area contributed by atoms with Crippen molar-refractivity contribution in [3.8, 4) is 0 Å². The molecule has 2 aromatic carbocycles. The summed E-state index contributed by atoms with van der Waals surface area (Å²) in [7, 11) is -8.84. The van der Waals surface area contributed by atoms with Gasteiger partial charge in [-0.2, -0.15) is 0 Å². The van der Waals surface area contributed by atoms with E-state index in [1.54, 1.807) is 0 Å². The summed E-state index contributed by atoms with van der Waals surface area (Å²) in [4.78, 5) is -0.635. The van der Waals surface area contributed by atoms with Crippen molar-refractivity contribution in [1.82, 2.24) is 30.8 Å². The zero-order valence-corrected chi connectivity index (χ0v) is 22.5. The van der Waals surface area contributed by atoms with Gasteiger partial charge in [0.1, 0.15) is 20.2 Å².